The minimum Gasteiger partial charge on any atom is -0.469 e. The first-order valence-electron chi connectivity index (χ1n) is 7.35. The Balaban J connectivity index is 1.88. The maximum absolute atomic E-state index is 13.0. The van der Waals surface area contributed by atoms with Gasteiger partial charge in [-0.3, -0.25) is 9.59 Å². The summed E-state index contributed by atoms with van der Waals surface area (Å²) in [6.07, 6.45) is -3.37. The lowest BCUT2D eigenvalue weighted by molar-refractivity contribution is -0.141. The van der Waals surface area contributed by atoms with Crippen LogP contribution in [-0.2, 0) is 20.5 Å². The van der Waals surface area contributed by atoms with Crippen molar-refractivity contribution in [2.75, 3.05) is 13.7 Å². The van der Waals surface area contributed by atoms with Gasteiger partial charge in [0.1, 0.15) is 0 Å². The molecule has 1 aromatic carbocycles. The van der Waals surface area contributed by atoms with E-state index in [4.69, 9.17) is 0 Å². The van der Waals surface area contributed by atoms with E-state index < -0.39 is 23.6 Å². The van der Waals surface area contributed by atoms with Gasteiger partial charge in [0.2, 0.25) is 5.91 Å². The smallest absolute Gasteiger partial charge is 0.416 e. The van der Waals surface area contributed by atoms with Crippen molar-refractivity contribution >= 4 is 11.9 Å². The second-order valence-electron chi connectivity index (χ2n) is 5.50. The van der Waals surface area contributed by atoms with Crippen molar-refractivity contribution in [3.05, 3.63) is 35.4 Å². The van der Waals surface area contributed by atoms with Crippen LogP contribution in [0.3, 0.4) is 0 Å². The number of carbonyl (C=O) groups is 2. The monoisotopic (exact) mass is 329 g/mol. The number of alkyl halides is 3. The van der Waals surface area contributed by atoms with Gasteiger partial charge in [-0.1, -0.05) is 18.2 Å². The number of rotatable bonds is 6. The van der Waals surface area contributed by atoms with Crippen LogP contribution in [-0.4, -0.2) is 25.5 Å². The van der Waals surface area contributed by atoms with E-state index in [1.807, 2.05) is 0 Å². The Morgan fingerprint density at radius 2 is 2.00 bits per heavy atom. The number of amides is 1. The third-order valence-electron chi connectivity index (χ3n) is 3.88. The van der Waals surface area contributed by atoms with Crippen LogP contribution >= 0.6 is 0 Å². The Morgan fingerprint density at radius 1 is 1.30 bits per heavy atom. The number of hydrogen-bond acceptors (Lipinski definition) is 3. The number of methoxy groups -OCH3 is 1. The molecule has 126 valence electrons. The summed E-state index contributed by atoms with van der Waals surface area (Å²) in [6.45, 7) is 0.304. The van der Waals surface area contributed by atoms with Gasteiger partial charge in [0, 0.05) is 18.9 Å². The van der Waals surface area contributed by atoms with Gasteiger partial charge >= 0.3 is 12.1 Å². The van der Waals surface area contributed by atoms with E-state index >= 15 is 0 Å². The van der Waals surface area contributed by atoms with Gasteiger partial charge in [-0.2, -0.15) is 13.2 Å². The number of ether oxygens (including phenoxy) is 1. The molecule has 23 heavy (non-hydrogen) atoms. The Bertz CT molecular complexity index is 586. The van der Waals surface area contributed by atoms with Crippen molar-refractivity contribution in [1.82, 2.24) is 5.32 Å². The summed E-state index contributed by atoms with van der Waals surface area (Å²) in [6, 6.07) is 5.36. The molecule has 1 fully saturated rings. The summed E-state index contributed by atoms with van der Waals surface area (Å²) in [5, 5.41) is 2.65. The van der Waals surface area contributed by atoms with Gasteiger partial charge in [0.05, 0.1) is 12.7 Å². The average molecular weight is 329 g/mol. The van der Waals surface area contributed by atoms with Crippen LogP contribution in [0, 0.1) is 5.92 Å². The zero-order chi connectivity index (χ0) is 17.0. The number of nitrogens with one attached hydrogen (secondary N) is 1. The molecule has 1 N–H and O–H groups in total. The van der Waals surface area contributed by atoms with E-state index in [0.717, 1.165) is 6.07 Å². The molecule has 2 unspecified atom stereocenters. The molecule has 0 saturated heterocycles. The second-order valence-corrected chi connectivity index (χ2v) is 5.50. The van der Waals surface area contributed by atoms with E-state index in [1.54, 1.807) is 6.07 Å². The molecule has 0 aliphatic heterocycles. The highest BCUT2D eigenvalue weighted by Crippen LogP contribution is 2.50. The maximum atomic E-state index is 13.0. The van der Waals surface area contributed by atoms with Gasteiger partial charge in [-0.05, 0) is 30.4 Å². The van der Waals surface area contributed by atoms with Gasteiger partial charge in [0.15, 0.2) is 0 Å². The molecule has 0 spiro atoms. The molecule has 4 nitrogen and oxygen atoms in total. The number of esters is 1. The molecule has 0 heterocycles. The minimum atomic E-state index is -4.42. The highest BCUT2D eigenvalue weighted by molar-refractivity contribution is 5.83. The zero-order valence-electron chi connectivity index (χ0n) is 12.7. The van der Waals surface area contributed by atoms with Gasteiger partial charge in [-0.15, -0.1) is 0 Å². The highest BCUT2D eigenvalue weighted by Gasteiger charge is 2.47. The van der Waals surface area contributed by atoms with Gasteiger partial charge < -0.3 is 10.1 Å². The summed E-state index contributed by atoms with van der Waals surface area (Å²) in [7, 11) is 1.29. The maximum Gasteiger partial charge on any atom is 0.416 e. The quantitative estimate of drug-likeness (QED) is 0.645. The molecule has 0 aromatic heterocycles. The highest BCUT2D eigenvalue weighted by atomic mass is 19.4. The molecule has 2 atom stereocenters. The standard InChI is InChI=1S/C16H18F3NO3/c1-23-14(21)7-4-8-20-15(22)12-9-11(12)10-5-2-3-6-13(10)16(17,18)19/h2-3,5-6,11-12H,4,7-9H2,1H3,(H,20,22). The topological polar surface area (TPSA) is 55.4 Å². The first-order valence-corrected chi connectivity index (χ1v) is 7.35. The fourth-order valence-electron chi connectivity index (χ4n) is 2.58. The molecule has 1 saturated carbocycles. The van der Waals surface area contributed by atoms with Crippen LogP contribution < -0.4 is 5.32 Å². The molecular weight excluding hydrogens is 311 g/mol. The van der Waals surface area contributed by atoms with Crippen molar-refractivity contribution < 1.29 is 27.5 Å². The molecular formula is C16H18F3NO3. The number of benzene rings is 1. The normalized spacial score (nSPS) is 20.0. The van der Waals surface area contributed by atoms with E-state index in [2.05, 4.69) is 10.1 Å². The van der Waals surface area contributed by atoms with Crippen LogP contribution in [0.15, 0.2) is 24.3 Å². The summed E-state index contributed by atoms with van der Waals surface area (Å²) < 4.78 is 43.4. The minimum absolute atomic E-state index is 0.176. The Kier molecular flexibility index (Phi) is 5.28. The molecule has 1 amide bonds. The fourth-order valence-corrected chi connectivity index (χ4v) is 2.58. The van der Waals surface area contributed by atoms with E-state index in [9.17, 15) is 22.8 Å². The van der Waals surface area contributed by atoms with Crippen LogP contribution in [0.4, 0.5) is 13.2 Å². The van der Waals surface area contributed by atoms with Gasteiger partial charge in [-0.25, -0.2) is 0 Å². The molecule has 1 aliphatic rings. The second kappa shape index (κ2) is 7.02. The number of halogens is 3. The summed E-state index contributed by atoms with van der Waals surface area (Å²) in [4.78, 5) is 22.9. The molecule has 0 bridgehead atoms. The Labute approximate surface area is 132 Å². The molecule has 0 radical (unpaired) electrons. The molecule has 2 rings (SSSR count). The van der Waals surface area contributed by atoms with Crippen LogP contribution in [0.1, 0.15) is 36.3 Å². The number of carbonyl (C=O) groups excluding carboxylic acids is 2. The van der Waals surface area contributed by atoms with E-state index in [1.165, 1.54) is 19.2 Å². The van der Waals surface area contributed by atoms with Crippen LogP contribution in [0.25, 0.3) is 0 Å². The average Bonchev–Trinajstić information content (AvgIpc) is 3.30. The van der Waals surface area contributed by atoms with Crippen LogP contribution in [0.5, 0.6) is 0 Å². The summed E-state index contributed by atoms with van der Waals surface area (Å²) >= 11 is 0. The SMILES string of the molecule is COC(=O)CCCNC(=O)C1CC1c1ccccc1C(F)(F)F. The largest absolute Gasteiger partial charge is 0.469 e. The number of hydrogen-bond donors (Lipinski definition) is 1. The molecule has 1 aromatic rings. The Hall–Kier alpha value is -2.05. The lowest BCUT2D eigenvalue weighted by Crippen LogP contribution is -2.27. The third kappa shape index (κ3) is 4.46. The summed E-state index contributed by atoms with van der Waals surface area (Å²) in [5.74, 6) is -1.45. The molecule has 1 aliphatic carbocycles. The lowest BCUT2D eigenvalue weighted by Gasteiger charge is -2.12. The third-order valence-corrected chi connectivity index (χ3v) is 3.88. The fraction of sp³-hybridized carbons (Fsp3) is 0.500. The van der Waals surface area contributed by atoms with E-state index in [0.29, 0.717) is 19.4 Å². The summed E-state index contributed by atoms with van der Waals surface area (Å²) in [5.41, 5.74) is -0.499. The Morgan fingerprint density at radius 3 is 2.65 bits per heavy atom. The molecule has 7 heteroatoms. The predicted octanol–water partition coefficient (Wildman–Crippen LogP) is 2.88. The van der Waals surface area contributed by atoms with Gasteiger partial charge in [0.25, 0.3) is 0 Å². The van der Waals surface area contributed by atoms with Crippen molar-refractivity contribution in [3.8, 4) is 0 Å². The van der Waals surface area contributed by atoms with Crippen molar-refractivity contribution in [1.29, 1.82) is 0 Å². The lowest BCUT2D eigenvalue weighted by atomic mass is 10.0. The first kappa shape index (κ1) is 17.3. The van der Waals surface area contributed by atoms with Crippen LogP contribution in [0.2, 0.25) is 0 Å². The predicted molar refractivity (Wildman–Crippen MR) is 76.6 cm³/mol. The first-order chi connectivity index (χ1) is 10.8. The zero-order valence-corrected chi connectivity index (χ0v) is 12.7. The van der Waals surface area contributed by atoms with Crippen molar-refractivity contribution in [3.63, 3.8) is 0 Å². The van der Waals surface area contributed by atoms with E-state index in [-0.39, 0.29) is 23.9 Å². The van der Waals surface area contributed by atoms with Crippen molar-refractivity contribution in [2.24, 2.45) is 5.92 Å². The van der Waals surface area contributed by atoms with Crippen molar-refractivity contribution in [2.45, 2.75) is 31.4 Å².